The van der Waals surface area contributed by atoms with Crippen LogP contribution < -0.4 is 5.32 Å². The molecule has 24 heavy (non-hydrogen) atoms. The van der Waals surface area contributed by atoms with E-state index in [-0.39, 0.29) is 11.7 Å². The number of ketones is 1. The van der Waals surface area contributed by atoms with Gasteiger partial charge in [-0.1, -0.05) is 53.2 Å². The summed E-state index contributed by atoms with van der Waals surface area (Å²) in [5, 5.41) is 2.79. The topological polar surface area (TPSA) is 46.2 Å². The summed E-state index contributed by atoms with van der Waals surface area (Å²) in [4.78, 5) is 24.8. The molecule has 0 unspecified atom stereocenters. The lowest BCUT2D eigenvalue weighted by atomic mass is 10.00. The van der Waals surface area contributed by atoms with Crippen molar-refractivity contribution in [3.8, 4) is 0 Å². The van der Waals surface area contributed by atoms with Crippen LogP contribution in [0.5, 0.6) is 0 Å². The van der Waals surface area contributed by atoms with Crippen LogP contribution in [0.25, 0.3) is 11.6 Å². The van der Waals surface area contributed by atoms with E-state index in [4.69, 9.17) is 0 Å². The van der Waals surface area contributed by atoms with E-state index in [9.17, 15) is 9.59 Å². The van der Waals surface area contributed by atoms with Gasteiger partial charge in [0.05, 0.1) is 5.57 Å². The second-order valence-electron chi connectivity index (χ2n) is 5.50. The Kier molecular flexibility index (Phi) is 4.76. The van der Waals surface area contributed by atoms with Crippen molar-refractivity contribution in [2.75, 3.05) is 5.32 Å². The molecule has 0 atom stereocenters. The van der Waals surface area contributed by atoms with Crippen LogP contribution in [-0.4, -0.2) is 11.7 Å². The van der Waals surface area contributed by atoms with Crippen LogP contribution in [-0.2, 0) is 9.59 Å². The maximum Gasteiger partial charge on any atom is 0.256 e. The zero-order valence-corrected chi connectivity index (χ0v) is 14.8. The highest BCUT2D eigenvalue weighted by Crippen LogP contribution is 2.34. The van der Waals surface area contributed by atoms with E-state index in [0.29, 0.717) is 17.6 Å². The quantitative estimate of drug-likeness (QED) is 0.769. The molecule has 0 bridgehead atoms. The number of benzene rings is 2. The van der Waals surface area contributed by atoms with Gasteiger partial charge in [-0.05, 0) is 47.9 Å². The van der Waals surface area contributed by atoms with Crippen molar-refractivity contribution in [3.05, 3.63) is 75.8 Å². The highest BCUT2D eigenvalue weighted by Gasteiger charge is 2.25. The molecule has 0 aliphatic carbocycles. The van der Waals surface area contributed by atoms with Crippen molar-refractivity contribution < 1.29 is 9.59 Å². The molecule has 1 heterocycles. The Morgan fingerprint density at radius 3 is 2.62 bits per heavy atom. The fourth-order valence-electron chi connectivity index (χ4n) is 2.63. The lowest BCUT2D eigenvalue weighted by Gasteiger charge is -2.03. The van der Waals surface area contributed by atoms with Crippen LogP contribution in [0, 0.1) is 0 Å². The monoisotopic (exact) mass is 381 g/mol. The van der Waals surface area contributed by atoms with E-state index < -0.39 is 0 Å². The minimum Gasteiger partial charge on any atom is -0.321 e. The summed E-state index contributed by atoms with van der Waals surface area (Å²) in [7, 11) is 0. The molecule has 120 valence electrons. The van der Waals surface area contributed by atoms with Crippen LogP contribution in [0.4, 0.5) is 5.69 Å². The zero-order chi connectivity index (χ0) is 17.1. The molecule has 0 fully saturated rings. The number of nitrogens with one attached hydrogen (secondary N) is 1. The number of halogens is 1. The number of rotatable bonds is 4. The minimum absolute atomic E-state index is 0.140. The van der Waals surface area contributed by atoms with Gasteiger partial charge in [-0.25, -0.2) is 0 Å². The van der Waals surface area contributed by atoms with Crippen molar-refractivity contribution in [2.45, 2.75) is 13.3 Å². The van der Waals surface area contributed by atoms with E-state index in [1.54, 1.807) is 0 Å². The third-order valence-electron chi connectivity index (χ3n) is 3.88. The highest BCUT2D eigenvalue weighted by molar-refractivity contribution is 9.10. The third kappa shape index (κ3) is 3.39. The summed E-state index contributed by atoms with van der Waals surface area (Å²) in [6.07, 6.45) is 3.91. The van der Waals surface area contributed by atoms with Gasteiger partial charge in [-0.2, -0.15) is 0 Å². The predicted molar refractivity (Wildman–Crippen MR) is 100 cm³/mol. The second kappa shape index (κ2) is 6.97. The first-order chi connectivity index (χ1) is 11.6. The summed E-state index contributed by atoms with van der Waals surface area (Å²) in [5.41, 5.74) is 3.53. The Morgan fingerprint density at radius 2 is 1.92 bits per heavy atom. The molecule has 0 saturated carbocycles. The number of allylic oxidation sites excluding steroid dienone is 2. The molecular weight excluding hydrogens is 366 g/mol. The highest BCUT2D eigenvalue weighted by atomic mass is 79.9. The standard InChI is InChI=1S/C20H16BrNO2/c1-2-14(10-13-6-4-3-5-7-13)19(23)12-17-16-11-15(21)8-9-18(16)22-20(17)24/h3-12H,2H2,1H3,(H,22,24)/b14-10+,17-12+. The molecule has 2 aromatic carbocycles. The van der Waals surface area contributed by atoms with E-state index in [1.165, 1.54) is 6.08 Å². The third-order valence-corrected chi connectivity index (χ3v) is 4.37. The van der Waals surface area contributed by atoms with Gasteiger partial charge in [-0.3, -0.25) is 9.59 Å². The first-order valence-corrected chi connectivity index (χ1v) is 8.50. The molecule has 4 heteroatoms. The van der Waals surface area contributed by atoms with Crippen LogP contribution in [0.1, 0.15) is 24.5 Å². The molecule has 0 aromatic heterocycles. The van der Waals surface area contributed by atoms with Crippen molar-refractivity contribution in [1.82, 2.24) is 0 Å². The van der Waals surface area contributed by atoms with Gasteiger partial charge >= 0.3 is 0 Å². The maximum atomic E-state index is 12.6. The number of fused-ring (bicyclic) bond motifs is 1. The minimum atomic E-state index is -0.244. The summed E-state index contributed by atoms with van der Waals surface area (Å²) in [6.45, 7) is 1.93. The van der Waals surface area contributed by atoms with Crippen LogP contribution in [0.3, 0.4) is 0 Å². The van der Waals surface area contributed by atoms with Gasteiger partial charge in [0, 0.05) is 15.7 Å². The molecule has 1 aliphatic heterocycles. The number of carbonyl (C=O) groups excluding carboxylic acids is 2. The zero-order valence-electron chi connectivity index (χ0n) is 13.2. The average Bonchev–Trinajstić information content (AvgIpc) is 2.89. The summed E-state index contributed by atoms with van der Waals surface area (Å²) in [6, 6.07) is 15.2. The summed E-state index contributed by atoms with van der Waals surface area (Å²) >= 11 is 3.40. The Balaban J connectivity index is 1.96. The van der Waals surface area contributed by atoms with Crippen molar-refractivity contribution >= 4 is 45.0 Å². The van der Waals surface area contributed by atoms with Crippen molar-refractivity contribution in [3.63, 3.8) is 0 Å². The van der Waals surface area contributed by atoms with Crippen LogP contribution in [0.2, 0.25) is 0 Å². The van der Waals surface area contributed by atoms with E-state index in [1.807, 2.05) is 61.5 Å². The van der Waals surface area contributed by atoms with Gasteiger partial charge in [0.25, 0.3) is 5.91 Å². The molecule has 1 N–H and O–H groups in total. The Hall–Kier alpha value is -2.46. The number of anilines is 1. The molecule has 1 amide bonds. The molecule has 1 aliphatic rings. The number of hydrogen-bond acceptors (Lipinski definition) is 2. The summed E-state index contributed by atoms with van der Waals surface area (Å²) in [5.74, 6) is -0.383. The van der Waals surface area contributed by atoms with Gasteiger partial charge in [0.1, 0.15) is 0 Å². The lowest BCUT2D eigenvalue weighted by Crippen LogP contribution is -2.06. The van der Waals surface area contributed by atoms with Crippen molar-refractivity contribution in [1.29, 1.82) is 0 Å². The Labute approximate surface area is 149 Å². The predicted octanol–water partition coefficient (Wildman–Crippen LogP) is 4.85. The Morgan fingerprint density at radius 1 is 1.17 bits per heavy atom. The van der Waals surface area contributed by atoms with E-state index in [0.717, 1.165) is 21.3 Å². The smallest absolute Gasteiger partial charge is 0.256 e. The molecule has 0 radical (unpaired) electrons. The number of carbonyl (C=O) groups is 2. The fraction of sp³-hybridized carbons (Fsp3) is 0.100. The maximum absolute atomic E-state index is 12.6. The number of hydrogen-bond donors (Lipinski definition) is 1. The first kappa shape index (κ1) is 16.4. The molecule has 3 rings (SSSR count). The lowest BCUT2D eigenvalue weighted by molar-refractivity contribution is -0.113. The largest absolute Gasteiger partial charge is 0.321 e. The SMILES string of the molecule is CC/C(=C\c1ccccc1)C(=O)/C=C1/C(=O)Nc2ccc(Br)cc21. The first-order valence-electron chi connectivity index (χ1n) is 7.71. The fourth-order valence-corrected chi connectivity index (χ4v) is 2.99. The normalized spacial score (nSPS) is 15.3. The Bertz CT molecular complexity index is 866. The molecule has 2 aromatic rings. The van der Waals surface area contributed by atoms with Gasteiger partial charge in [-0.15, -0.1) is 0 Å². The molecule has 3 nitrogen and oxygen atoms in total. The van der Waals surface area contributed by atoms with Gasteiger partial charge in [0.15, 0.2) is 5.78 Å². The summed E-state index contributed by atoms with van der Waals surface area (Å²) < 4.78 is 0.867. The van der Waals surface area contributed by atoms with Gasteiger partial charge in [0.2, 0.25) is 0 Å². The van der Waals surface area contributed by atoms with Crippen LogP contribution >= 0.6 is 15.9 Å². The van der Waals surface area contributed by atoms with Crippen LogP contribution in [0.15, 0.2) is 64.7 Å². The molecular formula is C20H16BrNO2. The second-order valence-corrected chi connectivity index (χ2v) is 6.42. The van der Waals surface area contributed by atoms with E-state index >= 15 is 0 Å². The average molecular weight is 382 g/mol. The van der Waals surface area contributed by atoms with Gasteiger partial charge < -0.3 is 5.32 Å². The number of amides is 1. The van der Waals surface area contributed by atoms with Crippen molar-refractivity contribution in [2.24, 2.45) is 0 Å². The molecule has 0 spiro atoms. The van der Waals surface area contributed by atoms with E-state index in [2.05, 4.69) is 21.2 Å². The molecule has 0 saturated heterocycles.